The Morgan fingerprint density at radius 1 is 0.842 bits per heavy atom. The molecular weight excluding hydrogens is 236 g/mol. The lowest BCUT2D eigenvalue weighted by atomic mass is 9.95. The zero-order valence-electron chi connectivity index (χ0n) is 13.4. The Hall–Kier alpha value is -0.530. The summed E-state index contributed by atoms with van der Waals surface area (Å²) < 4.78 is 5.20. The standard InChI is InChI=1S/C17H34O2/c1-4-6-8-10-12-14-17(15-19-16(3)18)13-11-9-7-5-2/h17H,4-15H2,1-3H3. The quantitative estimate of drug-likeness (QED) is 0.326. The van der Waals surface area contributed by atoms with E-state index < -0.39 is 0 Å². The van der Waals surface area contributed by atoms with Crippen LogP contribution in [0.25, 0.3) is 0 Å². The van der Waals surface area contributed by atoms with Crippen LogP contribution in [0.5, 0.6) is 0 Å². The number of esters is 1. The summed E-state index contributed by atoms with van der Waals surface area (Å²) in [4.78, 5) is 10.9. The van der Waals surface area contributed by atoms with Crippen molar-refractivity contribution < 1.29 is 9.53 Å². The maximum Gasteiger partial charge on any atom is 0.302 e. The molecule has 0 aliphatic rings. The average Bonchev–Trinajstić information content (AvgIpc) is 2.39. The van der Waals surface area contributed by atoms with E-state index in [1.165, 1.54) is 77.6 Å². The second kappa shape index (κ2) is 13.9. The van der Waals surface area contributed by atoms with E-state index in [2.05, 4.69) is 13.8 Å². The highest BCUT2D eigenvalue weighted by atomic mass is 16.5. The van der Waals surface area contributed by atoms with Gasteiger partial charge >= 0.3 is 5.97 Å². The smallest absolute Gasteiger partial charge is 0.302 e. The molecule has 0 heterocycles. The van der Waals surface area contributed by atoms with E-state index in [-0.39, 0.29) is 5.97 Å². The van der Waals surface area contributed by atoms with Gasteiger partial charge in [0.2, 0.25) is 0 Å². The summed E-state index contributed by atoms with van der Waals surface area (Å²) in [5, 5.41) is 0. The van der Waals surface area contributed by atoms with Crippen molar-refractivity contribution in [3.63, 3.8) is 0 Å². The van der Waals surface area contributed by atoms with Crippen molar-refractivity contribution >= 4 is 5.97 Å². The number of unbranched alkanes of at least 4 members (excludes halogenated alkanes) is 7. The van der Waals surface area contributed by atoms with Crippen molar-refractivity contribution in [2.24, 2.45) is 5.92 Å². The third-order valence-corrected chi connectivity index (χ3v) is 3.70. The summed E-state index contributed by atoms with van der Waals surface area (Å²) in [5.74, 6) is 0.451. The molecule has 0 radical (unpaired) electrons. The van der Waals surface area contributed by atoms with Crippen molar-refractivity contribution in [1.82, 2.24) is 0 Å². The van der Waals surface area contributed by atoms with Crippen molar-refractivity contribution in [3.05, 3.63) is 0 Å². The minimum absolute atomic E-state index is 0.135. The van der Waals surface area contributed by atoms with Crippen LogP contribution in [-0.4, -0.2) is 12.6 Å². The van der Waals surface area contributed by atoms with Gasteiger partial charge in [-0.2, -0.15) is 0 Å². The van der Waals surface area contributed by atoms with E-state index >= 15 is 0 Å². The SMILES string of the molecule is CCCCCCCC(CCCCCC)COC(C)=O. The summed E-state index contributed by atoms with van der Waals surface area (Å²) in [7, 11) is 0. The van der Waals surface area contributed by atoms with Crippen molar-refractivity contribution in [2.45, 2.75) is 91.4 Å². The third-order valence-electron chi connectivity index (χ3n) is 3.70. The highest BCUT2D eigenvalue weighted by Crippen LogP contribution is 2.19. The molecule has 1 atom stereocenters. The van der Waals surface area contributed by atoms with Gasteiger partial charge in [0.25, 0.3) is 0 Å². The van der Waals surface area contributed by atoms with Crippen LogP contribution >= 0.6 is 0 Å². The van der Waals surface area contributed by atoms with Crippen LogP contribution in [0.2, 0.25) is 0 Å². The van der Waals surface area contributed by atoms with Gasteiger partial charge in [0.15, 0.2) is 0 Å². The molecule has 0 aromatic rings. The van der Waals surface area contributed by atoms with Gasteiger partial charge in [-0.15, -0.1) is 0 Å². The lowest BCUT2D eigenvalue weighted by Gasteiger charge is -2.16. The van der Waals surface area contributed by atoms with E-state index in [1.807, 2.05) is 0 Å². The van der Waals surface area contributed by atoms with E-state index in [0.29, 0.717) is 12.5 Å². The van der Waals surface area contributed by atoms with E-state index in [1.54, 1.807) is 0 Å². The van der Waals surface area contributed by atoms with Crippen molar-refractivity contribution in [3.8, 4) is 0 Å². The van der Waals surface area contributed by atoms with Gasteiger partial charge in [-0.25, -0.2) is 0 Å². The molecule has 0 N–H and O–H groups in total. The maximum atomic E-state index is 10.9. The molecule has 2 nitrogen and oxygen atoms in total. The monoisotopic (exact) mass is 270 g/mol. The molecule has 0 fully saturated rings. The molecule has 0 rings (SSSR count). The van der Waals surface area contributed by atoms with Crippen LogP contribution in [0.4, 0.5) is 0 Å². The Morgan fingerprint density at radius 2 is 1.32 bits per heavy atom. The first-order valence-electron chi connectivity index (χ1n) is 8.34. The highest BCUT2D eigenvalue weighted by Gasteiger charge is 2.10. The van der Waals surface area contributed by atoms with E-state index in [9.17, 15) is 4.79 Å². The zero-order valence-corrected chi connectivity index (χ0v) is 13.4. The van der Waals surface area contributed by atoms with Crippen LogP contribution in [-0.2, 0) is 9.53 Å². The number of hydrogen-bond acceptors (Lipinski definition) is 2. The van der Waals surface area contributed by atoms with E-state index in [0.717, 1.165) is 0 Å². The third kappa shape index (κ3) is 13.7. The van der Waals surface area contributed by atoms with Gasteiger partial charge in [0.1, 0.15) is 0 Å². The lowest BCUT2D eigenvalue weighted by molar-refractivity contribution is -0.142. The summed E-state index contributed by atoms with van der Waals surface area (Å²) in [6.07, 6.45) is 14.3. The predicted octanol–water partition coefficient (Wildman–Crippen LogP) is 5.50. The summed E-state index contributed by atoms with van der Waals surface area (Å²) in [6, 6.07) is 0. The Balaban J connectivity index is 3.72. The Kier molecular flexibility index (Phi) is 13.5. The summed E-state index contributed by atoms with van der Waals surface area (Å²) in [6.45, 7) is 6.63. The van der Waals surface area contributed by atoms with Gasteiger partial charge in [-0.1, -0.05) is 71.6 Å². The van der Waals surface area contributed by atoms with Crippen LogP contribution in [0.1, 0.15) is 91.4 Å². The Morgan fingerprint density at radius 3 is 1.79 bits per heavy atom. The topological polar surface area (TPSA) is 26.3 Å². The van der Waals surface area contributed by atoms with E-state index in [4.69, 9.17) is 4.74 Å². The summed E-state index contributed by atoms with van der Waals surface area (Å²) in [5.41, 5.74) is 0. The molecule has 1 unspecified atom stereocenters. The molecule has 0 saturated carbocycles. The van der Waals surface area contributed by atoms with Crippen LogP contribution in [0.15, 0.2) is 0 Å². The molecule has 0 bridgehead atoms. The summed E-state index contributed by atoms with van der Waals surface area (Å²) >= 11 is 0. The van der Waals surface area contributed by atoms with Gasteiger partial charge in [0, 0.05) is 6.92 Å². The number of carbonyl (C=O) groups is 1. The maximum absolute atomic E-state index is 10.9. The molecule has 0 spiro atoms. The predicted molar refractivity (Wildman–Crippen MR) is 82.3 cm³/mol. The fraction of sp³-hybridized carbons (Fsp3) is 0.941. The van der Waals surface area contributed by atoms with Crippen molar-refractivity contribution in [2.75, 3.05) is 6.61 Å². The number of rotatable bonds is 13. The fourth-order valence-electron chi connectivity index (χ4n) is 2.44. The largest absolute Gasteiger partial charge is 0.466 e. The fourth-order valence-corrected chi connectivity index (χ4v) is 2.44. The van der Waals surface area contributed by atoms with Gasteiger partial charge in [-0.3, -0.25) is 4.79 Å². The normalized spacial score (nSPS) is 12.4. The molecule has 0 aliphatic heterocycles. The van der Waals surface area contributed by atoms with Gasteiger partial charge in [-0.05, 0) is 18.8 Å². The van der Waals surface area contributed by atoms with Crippen LogP contribution in [0.3, 0.4) is 0 Å². The second-order valence-electron chi connectivity index (χ2n) is 5.72. The molecule has 0 amide bonds. The average molecular weight is 270 g/mol. The first kappa shape index (κ1) is 18.5. The number of carbonyl (C=O) groups excluding carboxylic acids is 1. The molecule has 2 heteroatoms. The number of ether oxygens (including phenoxy) is 1. The molecule has 19 heavy (non-hydrogen) atoms. The van der Waals surface area contributed by atoms with Gasteiger partial charge < -0.3 is 4.74 Å². The lowest BCUT2D eigenvalue weighted by Crippen LogP contribution is -2.12. The minimum Gasteiger partial charge on any atom is -0.466 e. The molecule has 114 valence electrons. The molecule has 0 aromatic heterocycles. The van der Waals surface area contributed by atoms with Crippen LogP contribution < -0.4 is 0 Å². The molecule has 0 aromatic carbocycles. The minimum atomic E-state index is -0.135. The first-order chi connectivity index (χ1) is 9.20. The second-order valence-corrected chi connectivity index (χ2v) is 5.72. The Bertz CT molecular complexity index is 201. The van der Waals surface area contributed by atoms with Crippen LogP contribution in [0, 0.1) is 5.92 Å². The van der Waals surface area contributed by atoms with Gasteiger partial charge in [0.05, 0.1) is 6.61 Å². The highest BCUT2D eigenvalue weighted by molar-refractivity contribution is 5.65. The zero-order chi connectivity index (χ0) is 14.3. The Labute approximate surface area is 120 Å². The number of hydrogen-bond donors (Lipinski definition) is 0. The molecule has 0 aliphatic carbocycles. The van der Waals surface area contributed by atoms with Crippen molar-refractivity contribution in [1.29, 1.82) is 0 Å². The molecule has 0 saturated heterocycles. The molecular formula is C17H34O2. The first-order valence-corrected chi connectivity index (χ1v) is 8.34.